The Balaban J connectivity index is 1.59. The molecule has 0 aromatic heterocycles. The highest BCUT2D eigenvalue weighted by molar-refractivity contribution is 5.71. The predicted octanol–water partition coefficient (Wildman–Crippen LogP) is 6.97. The number of allylic oxidation sites excluding steroid dienone is 2. The molecule has 0 radical (unpaired) electrons. The maximum absolute atomic E-state index is 14.9. The summed E-state index contributed by atoms with van der Waals surface area (Å²) in [5.74, 6) is -0.838. The summed E-state index contributed by atoms with van der Waals surface area (Å²) >= 11 is 0. The Kier molecular flexibility index (Phi) is 5.12. The van der Waals surface area contributed by atoms with E-state index in [0.29, 0.717) is 29.5 Å². The molecule has 0 aliphatic heterocycles. The molecule has 0 atom stereocenters. The number of halogens is 3. The monoisotopic (exact) mass is 370 g/mol. The lowest BCUT2D eigenvalue weighted by Gasteiger charge is -2.28. The van der Waals surface area contributed by atoms with E-state index in [9.17, 15) is 13.2 Å². The molecule has 0 bridgehead atoms. The number of benzene rings is 2. The smallest absolute Gasteiger partial charge is 0.166 e. The third kappa shape index (κ3) is 3.44. The first-order valence-electron chi connectivity index (χ1n) is 10.0. The SMILES string of the molecule is CCC1CCC(c2ccc(C3=CCc4c(F)cccc4C3)c(F)c2F)CC1. The molecule has 1 saturated carbocycles. The fourth-order valence-corrected chi connectivity index (χ4v) is 4.71. The van der Waals surface area contributed by atoms with Gasteiger partial charge in [-0.1, -0.05) is 43.7 Å². The molecule has 0 spiro atoms. The Hall–Kier alpha value is -2.03. The van der Waals surface area contributed by atoms with Crippen LogP contribution in [0.5, 0.6) is 0 Å². The number of rotatable bonds is 3. The Morgan fingerprint density at radius 2 is 1.70 bits per heavy atom. The second-order valence-corrected chi connectivity index (χ2v) is 7.94. The van der Waals surface area contributed by atoms with E-state index in [1.165, 1.54) is 12.5 Å². The van der Waals surface area contributed by atoms with Crippen molar-refractivity contribution in [3.05, 3.63) is 76.1 Å². The molecule has 0 nitrogen and oxygen atoms in total. The second kappa shape index (κ2) is 7.53. The van der Waals surface area contributed by atoms with Crippen molar-refractivity contribution in [2.45, 2.75) is 57.8 Å². The van der Waals surface area contributed by atoms with Gasteiger partial charge in [0.25, 0.3) is 0 Å². The van der Waals surface area contributed by atoms with E-state index in [-0.39, 0.29) is 11.7 Å². The van der Waals surface area contributed by atoms with Crippen LogP contribution in [0, 0.1) is 23.4 Å². The zero-order valence-electron chi connectivity index (χ0n) is 15.7. The molecule has 2 aliphatic carbocycles. The highest BCUT2D eigenvalue weighted by Gasteiger charge is 2.27. The average Bonchev–Trinajstić information content (AvgIpc) is 2.70. The fraction of sp³-hybridized carbons (Fsp3) is 0.417. The maximum Gasteiger partial charge on any atom is 0.166 e. The van der Waals surface area contributed by atoms with Gasteiger partial charge in [-0.2, -0.15) is 0 Å². The van der Waals surface area contributed by atoms with Crippen molar-refractivity contribution in [1.29, 1.82) is 0 Å². The minimum absolute atomic E-state index is 0.117. The third-order valence-corrected chi connectivity index (χ3v) is 6.47. The third-order valence-electron chi connectivity index (χ3n) is 6.47. The van der Waals surface area contributed by atoms with E-state index in [2.05, 4.69) is 6.92 Å². The summed E-state index contributed by atoms with van der Waals surface area (Å²) in [5, 5.41) is 0. The van der Waals surface area contributed by atoms with Gasteiger partial charge in [0.05, 0.1) is 0 Å². The van der Waals surface area contributed by atoms with Crippen molar-refractivity contribution in [1.82, 2.24) is 0 Å². The first kappa shape index (κ1) is 18.3. The van der Waals surface area contributed by atoms with Gasteiger partial charge in [-0.3, -0.25) is 0 Å². The molecule has 27 heavy (non-hydrogen) atoms. The zero-order chi connectivity index (χ0) is 19.0. The highest BCUT2D eigenvalue weighted by Crippen LogP contribution is 2.40. The van der Waals surface area contributed by atoms with Crippen LogP contribution >= 0.6 is 0 Å². The van der Waals surface area contributed by atoms with Crippen LogP contribution in [0.15, 0.2) is 36.4 Å². The molecule has 0 heterocycles. The van der Waals surface area contributed by atoms with Gasteiger partial charge in [-0.15, -0.1) is 0 Å². The Morgan fingerprint density at radius 1 is 0.926 bits per heavy atom. The molecule has 142 valence electrons. The van der Waals surface area contributed by atoms with Crippen molar-refractivity contribution in [3.63, 3.8) is 0 Å². The van der Waals surface area contributed by atoms with Gasteiger partial charge >= 0.3 is 0 Å². The molecule has 2 aliphatic rings. The molecule has 4 rings (SSSR count). The first-order valence-corrected chi connectivity index (χ1v) is 10.0. The molecule has 0 N–H and O–H groups in total. The van der Waals surface area contributed by atoms with Crippen molar-refractivity contribution in [2.24, 2.45) is 5.92 Å². The standard InChI is InChI=1S/C24H25F3/c1-2-15-6-8-16(9-7-15)20-12-13-21(24(27)23(20)26)18-10-11-19-17(14-18)4-3-5-22(19)25/h3-5,10,12-13,15-16H,2,6-9,11,14H2,1H3. The molecule has 1 fully saturated rings. The molecular formula is C24H25F3. The van der Waals surface area contributed by atoms with Crippen LogP contribution in [-0.4, -0.2) is 0 Å². The number of hydrogen-bond donors (Lipinski definition) is 0. The number of fused-ring (bicyclic) bond motifs is 1. The largest absolute Gasteiger partial charge is 0.207 e. The normalized spacial score (nSPS) is 22.3. The lowest BCUT2D eigenvalue weighted by molar-refractivity contribution is 0.312. The van der Waals surface area contributed by atoms with Gasteiger partial charge in [0.1, 0.15) is 5.82 Å². The lowest BCUT2D eigenvalue weighted by atomic mass is 9.77. The molecule has 0 amide bonds. The fourth-order valence-electron chi connectivity index (χ4n) is 4.71. The summed E-state index contributed by atoms with van der Waals surface area (Å²) in [6.45, 7) is 2.20. The zero-order valence-corrected chi connectivity index (χ0v) is 15.7. The molecular weight excluding hydrogens is 345 g/mol. The van der Waals surface area contributed by atoms with Crippen molar-refractivity contribution in [3.8, 4) is 0 Å². The van der Waals surface area contributed by atoms with Crippen molar-refractivity contribution < 1.29 is 13.2 Å². The van der Waals surface area contributed by atoms with Crippen LogP contribution in [-0.2, 0) is 12.8 Å². The molecule has 2 aromatic rings. The van der Waals surface area contributed by atoms with Crippen molar-refractivity contribution >= 4 is 5.57 Å². The molecule has 0 unspecified atom stereocenters. The second-order valence-electron chi connectivity index (χ2n) is 7.94. The average molecular weight is 370 g/mol. The van der Waals surface area contributed by atoms with Crippen LogP contribution in [0.1, 0.15) is 67.2 Å². The summed E-state index contributed by atoms with van der Waals surface area (Å²) in [4.78, 5) is 0. The Morgan fingerprint density at radius 3 is 2.44 bits per heavy atom. The Bertz CT molecular complexity index is 873. The van der Waals surface area contributed by atoms with E-state index in [0.717, 1.165) is 42.7 Å². The van der Waals surface area contributed by atoms with Crippen LogP contribution in [0.2, 0.25) is 0 Å². The topological polar surface area (TPSA) is 0 Å². The van der Waals surface area contributed by atoms with Gasteiger partial charge in [-0.25, -0.2) is 13.2 Å². The summed E-state index contributed by atoms with van der Waals surface area (Å²) in [6.07, 6.45) is 7.90. The van der Waals surface area contributed by atoms with Crippen LogP contribution < -0.4 is 0 Å². The molecule has 0 saturated heterocycles. The Labute approximate surface area is 159 Å². The predicted molar refractivity (Wildman–Crippen MR) is 103 cm³/mol. The quantitative estimate of drug-likeness (QED) is 0.547. The first-order chi connectivity index (χ1) is 13.1. The van der Waals surface area contributed by atoms with Gasteiger partial charge in [0.15, 0.2) is 11.6 Å². The van der Waals surface area contributed by atoms with Crippen LogP contribution in [0.3, 0.4) is 0 Å². The maximum atomic E-state index is 14.9. The highest BCUT2D eigenvalue weighted by atomic mass is 19.2. The van der Waals surface area contributed by atoms with E-state index in [1.807, 2.05) is 12.1 Å². The van der Waals surface area contributed by atoms with Crippen LogP contribution in [0.4, 0.5) is 13.2 Å². The van der Waals surface area contributed by atoms with Gasteiger partial charge in [0.2, 0.25) is 0 Å². The summed E-state index contributed by atoms with van der Waals surface area (Å²) in [6, 6.07) is 8.46. The molecule has 2 aromatic carbocycles. The molecule has 3 heteroatoms. The minimum atomic E-state index is -0.754. The van der Waals surface area contributed by atoms with E-state index < -0.39 is 11.6 Å². The summed E-state index contributed by atoms with van der Waals surface area (Å²) in [7, 11) is 0. The van der Waals surface area contributed by atoms with Crippen LogP contribution in [0.25, 0.3) is 5.57 Å². The number of hydrogen-bond acceptors (Lipinski definition) is 0. The minimum Gasteiger partial charge on any atom is -0.207 e. The van der Waals surface area contributed by atoms with Crippen molar-refractivity contribution in [2.75, 3.05) is 0 Å². The van der Waals surface area contributed by atoms with E-state index in [1.54, 1.807) is 18.2 Å². The lowest BCUT2D eigenvalue weighted by Crippen LogP contribution is -2.15. The van der Waals surface area contributed by atoms with E-state index in [4.69, 9.17) is 0 Å². The summed E-state index contributed by atoms with van der Waals surface area (Å²) < 4.78 is 43.7. The van der Waals surface area contributed by atoms with Gasteiger partial charge in [0, 0.05) is 5.56 Å². The van der Waals surface area contributed by atoms with E-state index >= 15 is 0 Å². The summed E-state index contributed by atoms with van der Waals surface area (Å²) in [5.41, 5.74) is 3.09. The van der Waals surface area contributed by atoms with Gasteiger partial charge in [-0.05, 0) is 78.7 Å². The van der Waals surface area contributed by atoms with Gasteiger partial charge < -0.3 is 0 Å².